The number of aryl methyl sites for hydroxylation is 4. The maximum atomic E-state index is 11.5. The molecule has 4 aromatic carbocycles. The van der Waals surface area contributed by atoms with Gasteiger partial charge in [0.25, 0.3) is 0 Å². The summed E-state index contributed by atoms with van der Waals surface area (Å²) in [5, 5.41) is 0. The van der Waals surface area contributed by atoms with Crippen LogP contribution in [0.5, 0.6) is 0 Å². The molecule has 0 aliphatic heterocycles. The smallest absolute Gasteiger partial charge is 0.229 e. The summed E-state index contributed by atoms with van der Waals surface area (Å²) in [6.07, 6.45) is 10.5. The van der Waals surface area contributed by atoms with Crippen molar-refractivity contribution in [2.45, 2.75) is 25.7 Å². The summed E-state index contributed by atoms with van der Waals surface area (Å²) in [6, 6.07) is 31.7. The third kappa shape index (κ3) is 8.59. The second-order valence-electron chi connectivity index (χ2n) is 12.7. The highest BCUT2D eigenvalue weighted by Gasteiger charge is 2.21. The van der Waals surface area contributed by atoms with Crippen molar-refractivity contribution in [3.63, 3.8) is 0 Å². The minimum absolute atomic E-state index is 0.558. The molecule has 8 rings (SSSR count). The highest BCUT2D eigenvalue weighted by atomic mass is 32.2. The van der Waals surface area contributed by atoms with Crippen LogP contribution in [0.2, 0.25) is 0 Å². The number of nitrogens with one attached hydrogen (secondary N) is 2. The Kier molecular flexibility index (Phi) is 10.2. The number of sulfonamides is 2. The van der Waals surface area contributed by atoms with Crippen molar-refractivity contribution in [3.05, 3.63) is 163 Å². The quantitative estimate of drug-likeness (QED) is 0.176. The molecule has 0 spiro atoms. The standard InChI is InChI=1S/2C20H18N2O2S2/c2*1-26(23,24)22-16-7-4-5-14(11-16)12-18-17-8-3-2-6-15(17)9-10-19-20(18)21-13-25-19/h2*2-8,11-13,22H,9-10H2,1H3/b18-12+;18-12-. The van der Waals surface area contributed by atoms with Gasteiger partial charge in [-0.25, -0.2) is 26.8 Å². The van der Waals surface area contributed by atoms with Crippen LogP contribution in [-0.4, -0.2) is 39.3 Å². The fourth-order valence-corrected chi connectivity index (χ4v) is 9.20. The average Bonchev–Trinajstić information content (AvgIpc) is 3.71. The third-order valence-corrected chi connectivity index (χ3v) is 11.7. The highest BCUT2D eigenvalue weighted by Crippen LogP contribution is 2.37. The van der Waals surface area contributed by atoms with Gasteiger partial charge >= 0.3 is 0 Å². The number of anilines is 2. The van der Waals surface area contributed by atoms with Crippen molar-refractivity contribution in [3.8, 4) is 0 Å². The minimum atomic E-state index is -3.30. The van der Waals surface area contributed by atoms with Gasteiger partial charge in [0, 0.05) is 32.3 Å². The number of thiazole rings is 2. The second kappa shape index (κ2) is 15.0. The van der Waals surface area contributed by atoms with Gasteiger partial charge in [-0.1, -0.05) is 72.8 Å². The third-order valence-electron chi connectivity index (χ3n) is 8.65. The van der Waals surface area contributed by atoms with Crippen LogP contribution in [0.25, 0.3) is 23.3 Å². The van der Waals surface area contributed by atoms with E-state index >= 15 is 0 Å². The van der Waals surface area contributed by atoms with E-state index in [1.807, 2.05) is 59.6 Å². The van der Waals surface area contributed by atoms with Crippen molar-refractivity contribution in [2.75, 3.05) is 22.0 Å². The van der Waals surface area contributed by atoms with Gasteiger partial charge in [0.2, 0.25) is 20.0 Å². The van der Waals surface area contributed by atoms with E-state index in [1.165, 1.54) is 32.0 Å². The molecule has 2 N–H and O–H groups in total. The van der Waals surface area contributed by atoms with Crippen molar-refractivity contribution in [1.82, 2.24) is 9.97 Å². The molecule has 0 unspecified atom stereocenters. The lowest BCUT2D eigenvalue weighted by Gasteiger charge is -2.10. The van der Waals surface area contributed by atoms with Crippen LogP contribution in [0.3, 0.4) is 0 Å². The van der Waals surface area contributed by atoms with Gasteiger partial charge < -0.3 is 0 Å². The monoisotopic (exact) mass is 764 g/mol. The normalized spacial score (nSPS) is 15.2. The van der Waals surface area contributed by atoms with Gasteiger partial charge in [0.05, 0.1) is 34.9 Å². The molecule has 8 nitrogen and oxygen atoms in total. The molecule has 0 radical (unpaired) electrons. The Labute approximate surface area is 312 Å². The molecule has 52 heavy (non-hydrogen) atoms. The first-order valence-electron chi connectivity index (χ1n) is 16.6. The van der Waals surface area contributed by atoms with E-state index in [0.29, 0.717) is 11.4 Å². The number of hydrogen-bond donors (Lipinski definition) is 2. The Bertz CT molecular complexity index is 2370. The van der Waals surface area contributed by atoms with Crippen LogP contribution in [0, 0.1) is 0 Å². The molecular formula is C40H36N4O4S4. The summed E-state index contributed by atoms with van der Waals surface area (Å²) in [5.74, 6) is 0. The Morgan fingerprint density at radius 3 is 1.40 bits per heavy atom. The van der Waals surface area contributed by atoms with Gasteiger partial charge in [-0.15, -0.1) is 22.7 Å². The lowest BCUT2D eigenvalue weighted by Crippen LogP contribution is -2.09. The molecular weight excluding hydrogens is 729 g/mol. The maximum Gasteiger partial charge on any atom is 0.229 e. The summed E-state index contributed by atoms with van der Waals surface area (Å²) in [6.45, 7) is 0. The lowest BCUT2D eigenvalue weighted by molar-refractivity contribution is 0.605. The van der Waals surface area contributed by atoms with Gasteiger partial charge in [-0.05, 0) is 95.5 Å². The average molecular weight is 765 g/mol. The molecule has 2 aliphatic rings. The Balaban J connectivity index is 0.000000162. The van der Waals surface area contributed by atoms with Crippen molar-refractivity contribution in [2.24, 2.45) is 0 Å². The Hall–Kier alpha value is -4.88. The van der Waals surface area contributed by atoms with Crippen molar-refractivity contribution >= 4 is 77.4 Å². The van der Waals surface area contributed by atoms with Crippen LogP contribution < -0.4 is 9.44 Å². The Morgan fingerprint density at radius 1 is 0.558 bits per heavy atom. The maximum absolute atomic E-state index is 11.5. The number of fused-ring (bicyclic) bond motifs is 4. The number of rotatable bonds is 6. The summed E-state index contributed by atoms with van der Waals surface area (Å²) < 4.78 is 51.1. The first kappa shape index (κ1) is 35.5. The molecule has 6 aromatic rings. The second-order valence-corrected chi connectivity index (χ2v) is 18.1. The van der Waals surface area contributed by atoms with Crippen LogP contribution in [0.1, 0.15) is 54.5 Å². The van der Waals surface area contributed by atoms with E-state index in [4.69, 9.17) is 0 Å². The predicted octanol–water partition coefficient (Wildman–Crippen LogP) is 8.40. The van der Waals surface area contributed by atoms with Crippen LogP contribution in [0.15, 0.2) is 108 Å². The van der Waals surface area contributed by atoms with Crippen LogP contribution in [-0.2, 0) is 45.7 Å². The minimum Gasteiger partial charge on any atom is -0.284 e. The number of aromatic nitrogens is 2. The molecule has 0 saturated heterocycles. The van der Waals surface area contributed by atoms with Crippen LogP contribution in [0.4, 0.5) is 11.4 Å². The van der Waals surface area contributed by atoms with E-state index in [2.05, 4.69) is 68.0 Å². The fraction of sp³-hybridized carbons (Fsp3) is 0.150. The number of hydrogen-bond acceptors (Lipinski definition) is 8. The van der Waals surface area contributed by atoms with E-state index in [0.717, 1.165) is 71.9 Å². The summed E-state index contributed by atoms with van der Waals surface area (Å²) >= 11 is 3.38. The molecule has 0 fully saturated rings. The lowest BCUT2D eigenvalue weighted by atomic mass is 9.96. The molecule has 0 bridgehead atoms. The molecule has 2 aromatic heterocycles. The molecule has 12 heteroatoms. The largest absolute Gasteiger partial charge is 0.284 e. The van der Waals surface area contributed by atoms with Gasteiger partial charge in [-0.3, -0.25) is 9.44 Å². The Morgan fingerprint density at radius 2 is 0.981 bits per heavy atom. The summed E-state index contributed by atoms with van der Waals surface area (Å²) in [5.41, 5.74) is 16.0. The molecule has 2 heterocycles. The van der Waals surface area contributed by atoms with Crippen molar-refractivity contribution in [1.29, 1.82) is 0 Å². The first-order chi connectivity index (χ1) is 25.0. The SMILES string of the molecule is CS(=O)(=O)Nc1cccc(/C=C2/c3ccccc3CCc3scnc32)c1.CS(=O)(=O)Nc1cccc(/C=C2\c3ccccc3CCc3scnc32)c1. The molecule has 0 amide bonds. The predicted molar refractivity (Wildman–Crippen MR) is 216 cm³/mol. The fourth-order valence-electron chi connectivity index (χ4n) is 6.53. The van der Waals surface area contributed by atoms with E-state index in [9.17, 15) is 16.8 Å². The zero-order valence-corrected chi connectivity index (χ0v) is 31.8. The summed E-state index contributed by atoms with van der Waals surface area (Å²) in [4.78, 5) is 11.8. The van der Waals surface area contributed by atoms with E-state index in [-0.39, 0.29) is 0 Å². The zero-order chi connectivity index (χ0) is 36.3. The topological polar surface area (TPSA) is 118 Å². The first-order valence-corrected chi connectivity index (χ1v) is 22.1. The van der Waals surface area contributed by atoms with Crippen molar-refractivity contribution < 1.29 is 16.8 Å². The zero-order valence-electron chi connectivity index (χ0n) is 28.5. The van der Waals surface area contributed by atoms with Gasteiger partial charge in [-0.2, -0.15) is 0 Å². The van der Waals surface area contributed by atoms with Crippen LogP contribution >= 0.6 is 22.7 Å². The number of nitrogens with zero attached hydrogens (tertiary/aromatic N) is 2. The molecule has 264 valence electrons. The molecule has 2 aliphatic carbocycles. The van der Waals surface area contributed by atoms with Gasteiger partial charge in [0.15, 0.2) is 0 Å². The van der Waals surface area contributed by atoms with E-state index < -0.39 is 20.0 Å². The number of benzene rings is 4. The highest BCUT2D eigenvalue weighted by molar-refractivity contribution is 7.92. The van der Waals surface area contributed by atoms with E-state index in [1.54, 1.807) is 34.8 Å². The molecule has 0 saturated carbocycles. The molecule has 0 atom stereocenters. The summed E-state index contributed by atoms with van der Waals surface area (Å²) in [7, 11) is -6.61. The van der Waals surface area contributed by atoms with Gasteiger partial charge in [0.1, 0.15) is 0 Å².